The van der Waals surface area contributed by atoms with E-state index in [0.717, 1.165) is 44.5 Å². The number of benzene rings is 4. The van der Waals surface area contributed by atoms with Crippen LogP contribution in [-0.2, 0) is 15.7 Å². The van der Waals surface area contributed by atoms with Crippen LogP contribution in [0.4, 0.5) is 13.2 Å². The molecule has 0 saturated carbocycles. The van der Waals surface area contributed by atoms with Crippen molar-refractivity contribution in [3.8, 4) is 11.5 Å². The van der Waals surface area contributed by atoms with Crippen LogP contribution in [0.3, 0.4) is 0 Å². The Balaban J connectivity index is 1.51. The van der Waals surface area contributed by atoms with E-state index in [1.165, 1.54) is 12.1 Å². The van der Waals surface area contributed by atoms with Gasteiger partial charge in [0.1, 0.15) is 18.1 Å². The van der Waals surface area contributed by atoms with E-state index in [9.17, 15) is 18.0 Å². The molecule has 0 bridgehead atoms. The molecular formula is C32H29F3O4S. The largest absolute Gasteiger partial charge is 0.489 e. The van der Waals surface area contributed by atoms with Crippen molar-refractivity contribution in [1.82, 2.24) is 0 Å². The third-order valence-electron chi connectivity index (χ3n) is 6.01. The van der Waals surface area contributed by atoms with E-state index in [-0.39, 0.29) is 13.2 Å². The van der Waals surface area contributed by atoms with Gasteiger partial charge in [-0.2, -0.15) is 13.2 Å². The number of aryl methyl sites for hydroxylation is 1. The number of esters is 1. The van der Waals surface area contributed by atoms with Crippen LogP contribution in [0.5, 0.6) is 11.5 Å². The topological polar surface area (TPSA) is 44.8 Å². The molecule has 8 heteroatoms. The fourth-order valence-corrected chi connectivity index (χ4v) is 4.97. The number of thioether (sulfide) groups is 1. The Bertz CT molecular complexity index is 1470. The molecule has 0 fully saturated rings. The van der Waals surface area contributed by atoms with Crippen molar-refractivity contribution < 1.29 is 32.2 Å². The SMILES string of the molecule is CCOC(=O)COc1ccc(SCC(=Cc2cccc3ccccc23)COc2ccc(C(F)(F)F)cc2)cc1C. The van der Waals surface area contributed by atoms with E-state index in [4.69, 9.17) is 14.2 Å². The second-order valence-electron chi connectivity index (χ2n) is 8.99. The summed E-state index contributed by atoms with van der Waals surface area (Å²) in [5.74, 6) is 1.14. The zero-order valence-electron chi connectivity index (χ0n) is 22.2. The van der Waals surface area contributed by atoms with Crippen LogP contribution in [0.2, 0.25) is 0 Å². The fourth-order valence-electron chi connectivity index (χ4n) is 4.03. The van der Waals surface area contributed by atoms with Gasteiger partial charge in [0.05, 0.1) is 12.2 Å². The van der Waals surface area contributed by atoms with Gasteiger partial charge in [-0.15, -0.1) is 11.8 Å². The monoisotopic (exact) mass is 566 g/mol. The standard InChI is InChI=1S/C32H29F3O4S/c1-3-37-31(36)20-39-30-16-15-28(17-22(30)2)40-21-23(18-25-9-6-8-24-7-4-5-10-29(24)25)19-38-27-13-11-26(12-14-27)32(33,34)35/h4-18H,3,19-21H2,1-2H3. The molecule has 0 aliphatic heterocycles. The molecule has 0 aromatic heterocycles. The smallest absolute Gasteiger partial charge is 0.416 e. The number of rotatable bonds is 11. The Morgan fingerprint density at radius 3 is 2.38 bits per heavy atom. The first kappa shape index (κ1) is 29.1. The molecule has 4 aromatic carbocycles. The summed E-state index contributed by atoms with van der Waals surface area (Å²) < 4.78 is 55.2. The molecule has 0 spiro atoms. The first-order valence-electron chi connectivity index (χ1n) is 12.7. The van der Waals surface area contributed by atoms with Crippen molar-refractivity contribution in [1.29, 1.82) is 0 Å². The third kappa shape index (κ3) is 8.05. The lowest BCUT2D eigenvalue weighted by Gasteiger charge is -2.13. The molecule has 4 aromatic rings. The van der Waals surface area contributed by atoms with Crippen LogP contribution < -0.4 is 9.47 Å². The van der Waals surface area contributed by atoms with Crippen molar-refractivity contribution in [3.63, 3.8) is 0 Å². The summed E-state index contributed by atoms with van der Waals surface area (Å²) in [6.07, 6.45) is -2.32. The highest BCUT2D eigenvalue weighted by Crippen LogP contribution is 2.31. The number of fused-ring (bicyclic) bond motifs is 1. The minimum atomic E-state index is -4.40. The van der Waals surface area contributed by atoms with Gasteiger partial charge in [0.15, 0.2) is 6.61 Å². The van der Waals surface area contributed by atoms with Crippen molar-refractivity contribution in [2.75, 3.05) is 25.6 Å². The van der Waals surface area contributed by atoms with E-state index >= 15 is 0 Å². The predicted molar refractivity (Wildman–Crippen MR) is 153 cm³/mol. The van der Waals surface area contributed by atoms with Crippen LogP contribution in [0, 0.1) is 6.92 Å². The Kier molecular flexibility index (Phi) is 9.77. The summed E-state index contributed by atoms with van der Waals surface area (Å²) in [7, 11) is 0. The molecule has 0 amide bonds. The summed E-state index contributed by atoms with van der Waals surface area (Å²) in [6.45, 7) is 4.01. The molecule has 0 aliphatic rings. The number of alkyl halides is 3. The summed E-state index contributed by atoms with van der Waals surface area (Å²) in [5, 5.41) is 2.21. The van der Waals surface area contributed by atoms with E-state index < -0.39 is 17.7 Å². The van der Waals surface area contributed by atoms with Gasteiger partial charge >= 0.3 is 12.1 Å². The minimum Gasteiger partial charge on any atom is -0.489 e. The average Bonchev–Trinajstić information content (AvgIpc) is 2.94. The molecule has 0 atom stereocenters. The number of carbonyl (C=O) groups excluding carboxylic acids is 1. The predicted octanol–water partition coefficient (Wildman–Crippen LogP) is 8.36. The van der Waals surface area contributed by atoms with Crippen LogP contribution in [0.15, 0.2) is 95.4 Å². The summed E-state index contributed by atoms with van der Waals surface area (Å²) in [5.41, 5.74) is 2.16. The van der Waals surface area contributed by atoms with Gasteiger partial charge < -0.3 is 14.2 Å². The second kappa shape index (κ2) is 13.4. The van der Waals surface area contributed by atoms with Gasteiger partial charge in [-0.3, -0.25) is 0 Å². The lowest BCUT2D eigenvalue weighted by Crippen LogP contribution is -2.14. The van der Waals surface area contributed by atoms with E-state index in [0.29, 0.717) is 23.9 Å². The average molecular weight is 567 g/mol. The zero-order chi connectivity index (χ0) is 28.5. The maximum atomic E-state index is 12.9. The number of hydrogen-bond acceptors (Lipinski definition) is 5. The number of hydrogen-bond donors (Lipinski definition) is 0. The van der Waals surface area contributed by atoms with Crippen molar-refractivity contribution in [2.45, 2.75) is 24.9 Å². The molecule has 40 heavy (non-hydrogen) atoms. The van der Waals surface area contributed by atoms with Crippen LogP contribution in [0.25, 0.3) is 16.8 Å². The Hall–Kier alpha value is -3.91. The molecule has 208 valence electrons. The zero-order valence-corrected chi connectivity index (χ0v) is 23.0. The maximum Gasteiger partial charge on any atom is 0.416 e. The van der Waals surface area contributed by atoms with E-state index in [1.807, 2.05) is 61.5 Å². The van der Waals surface area contributed by atoms with Crippen LogP contribution in [0.1, 0.15) is 23.6 Å². The molecule has 0 radical (unpaired) electrons. The molecule has 0 heterocycles. The summed E-state index contributed by atoms with van der Waals surface area (Å²) in [4.78, 5) is 12.6. The maximum absolute atomic E-state index is 12.9. The lowest BCUT2D eigenvalue weighted by molar-refractivity contribution is -0.145. The first-order chi connectivity index (χ1) is 19.2. The van der Waals surface area contributed by atoms with Gasteiger partial charge in [0.2, 0.25) is 0 Å². The quantitative estimate of drug-likeness (QED) is 0.135. The highest BCUT2D eigenvalue weighted by Gasteiger charge is 2.30. The first-order valence-corrected chi connectivity index (χ1v) is 13.7. The summed E-state index contributed by atoms with van der Waals surface area (Å²) >= 11 is 1.61. The fraction of sp³-hybridized carbons (Fsp3) is 0.219. The molecule has 4 nitrogen and oxygen atoms in total. The molecule has 4 rings (SSSR count). The molecular weight excluding hydrogens is 537 g/mol. The third-order valence-corrected chi connectivity index (χ3v) is 7.11. The van der Waals surface area contributed by atoms with E-state index in [1.54, 1.807) is 18.7 Å². The van der Waals surface area contributed by atoms with E-state index in [2.05, 4.69) is 12.1 Å². The highest BCUT2D eigenvalue weighted by atomic mass is 32.2. The lowest BCUT2D eigenvalue weighted by atomic mass is 10.0. The van der Waals surface area contributed by atoms with Crippen molar-refractivity contribution in [2.24, 2.45) is 0 Å². The van der Waals surface area contributed by atoms with Gasteiger partial charge in [0, 0.05) is 10.6 Å². The molecule has 0 saturated heterocycles. The Morgan fingerprint density at radius 1 is 0.900 bits per heavy atom. The van der Waals surface area contributed by atoms with Gasteiger partial charge in [0.25, 0.3) is 0 Å². The normalized spacial score (nSPS) is 11.9. The Labute approximate surface area is 235 Å². The van der Waals surface area contributed by atoms with Crippen molar-refractivity contribution in [3.05, 3.63) is 107 Å². The van der Waals surface area contributed by atoms with Gasteiger partial charge in [-0.05, 0) is 83.8 Å². The van der Waals surface area contributed by atoms with Crippen molar-refractivity contribution >= 4 is 34.6 Å². The highest BCUT2D eigenvalue weighted by molar-refractivity contribution is 7.99. The minimum absolute atomic E-state index is 0.152. The van der Waals surface area contributed by atoms with Gasteiger partial charge in [-0.25, -0.2) is 4.79 Å². The molecule has 0 aliphatic carbocycles. The van der Waals surface area contributed by atoms with Crippen LogP contribution in [-0.4, -0.2) is 31.5 Å². The number of carbonyl (C=O) groups is 1. The molecule has 0 N–H and O–H groups in total. The second-order valence-corrected chi connectivity index (χ2v) is 10.0. The molecule has 0 unspecified atom stereocenters. The number of ether oxygens (including phenoxy) is 3. The van der Waals surface area contributed by atoms with Crippen LogP contribution >= 0.6 is 11.8 Å². The summed E-state index contributed by atoms with van der Waals surface area (Å²) in [6, 6.07) is 24.6. The van der Waals surface area contributed by atoms with Gasteiger partial charge in [-0.1, -0.05) is 48.5 Å². The Morgan fingerprint density at radius 2 is 1.65 bits per heavy atom. The number of halogens is 3.